The van der Waals surface area contributed by atoms with Crippen molar-refractivity contribution in [1.29, 1.82) is 0 Å². The van der Waals surface area contributed by atoms with Gasteiger partial charge in [0.15, 0.2) is 0 Å². The number of rotatable bonds is 5. The second kappa shape index (κ2) is 7.92. The van der Waals surface area contributed by atoms with E-state index in [0.717, 1.165) is 47.5 Å². The second-order valence-electron chi connectivity index (χ2n) is 6.33. The second-order valence-corrected chi connectivity index (χ2v) is 9.07. The smallest absolute Gasteiger partial charge is 0.341 e. The lowest BCUT2D eigenvalue weighted by molar-refractivity contribution is -0.114. The van der Waals surface area contributed by atoms with Crippen molar-refractivity contribution in [2.45, 2.75) is 39.2 Å². The van der Waals surface area contributed by atoms with E-state index in [0.29, 0.717) is 10.6 Å². The number of fused-ring (bicyclic) bond motifs is 1. The van der Waals surface area contributed by atoms with Crippen LogP contribution in [0.3, 0.4) is 0 Å². The molecule has 0 saturated carbocycles. The largest absolute Gasteiger partial charge is 0.455 e. The van der Waals surface area contributed by atoms with Crippen LogP contribution in [0.1, 0.15) is 46.3 Å². The van der Waals surface area contributed by atoms with Crippen molar-refractivity contribution in [3.63, 3.8) is 0 Å². The maximum Gasteiger partial charge on any atom is 0.341 e. The SMILES string of the molecule is CC(=O)Nc1sc2c(c1C(=O)OCc1csc(-c3ccsc3)n1)CCCC2. The average molecular weight is 419 g/mol. The molecule has 3 aromatic rings. The third kappa shape index (κ3) is 3.97. The highest BCUT2D eigenvalue weighted by molar-refractivity contribution is 7.17. The van der Waals surface area contributed by atoms with Crippen molar-refractivity contribution in [3.05, 3.63) is 43.9 Å². The van der Waals surface area contributed by atoms with Crippen molar-refractivity contribution in [3.8, 4) is 10.6 Å². The third-order valence-corrected chi connectivity index (χ3v) is 7.17. The van der Waals surface area contributed by atoms with E-state index in [2.05, 4.69) is 10.3 Å². The molecule has 0 atom stereocenters. The number of carbonyl (C=O) groups excluding carboxylic acids is 2. The van der Waals surface area contributed by atoms with Crippen molar-refractivity contribution in [2.75, 3.05) is 5.32 Å². The van der Waals surface area contributed by atoms with Gasteiger partial charge in [-0.25, -0.2) is 9.78 Å². The molecule has 8 heteroatoms. The van der Waals surface area contributed by atoms with Crippen LogP contribution in [0.2, 0.25) is 0 Å². The monoisotopic (exact) mass is 418 g/mol. The Morgan fingerprint density at radius 2 is 2.11 bits per heavy atom. The van der Waals surface area contributed by atoms with Crippen LogP contribution >= 0.6 is 34.0 Å². The van der Waals surface area contributed by atoms with Gasteiger partial charge in [-0.05, 0) is 42.7 Å². The molecule has 0 fully saturated rings. The molecule has 0 aromatic carbocycles. The van der Waals surface area contributed by atoms with Crippen LogP contribution < -0.4 is 5.32 Å². The molecule has 27 heavy (non-hydrogen) atoms. The summed E-state index contributed by atoms with van der Waals surface area (Å²) < 4.78 is 5.55. The van der Waals surface area contributed by atoms with Crippen molar-refractivity contribution < 1.29 is 14.3 Å². The summed E-state index contributed by atoms with van der Waals surface area (Å²) in [7, 11) is 0. The Morgan fingerprint density at radius 1 is 1.26 bits per heavy atom. The molecule has 0 saturated heterocycles. The summed E-state index contributed by atoms with van der Waals surface area (Å²) in [5.41, 5.74) is 3.39. The number of nitrogens with one attached hydrogen (secondary N) is 1. The predicted molar refractivity (Wildman–Crippen MR) is 110 cm³/mol. The predicted octanol–water partition coefficient (Wildman–Crippen LogP) is 5.13. The quantitative estimate of drug-likeness (QED) is 0.584. The van der Waals surface area contributed by atoms with Crippen LogP contribution in [0.4, 0.5) is 5.00 Å². The summed E-state index contributed by atoms with van der Waals surface area (Å²) >= 11 is 4.67. The van der Waals surface area contributed by atoms with Crippen LogP contribution in [0.25, 0.3) is 10.6 Å². The van der Waals surface area contributed by atoms with E-state index in [1.807, 2.05) is 22.2 Å². The van der Waals surface area contributed by atoms with Gasteiger partial charge in [0.05, 0.1) is 11.3 Å². The molecule has 0 radical (unpaired) electrons. The molecule has 3 aromatic heterocycles. The average Bonchev–Trinajstić information content (AvgIpc) is 3.37. The molecule has 5 nitrogen and oxygen atoms in total. The van der Waals surface area contributed by atoms with Gasteiger partial charge in [0.1, 0.15) is 16.6 Å². The molecular weight excluding hydrogens is 400 g/mol. The lowest BCUT2D eigenvalue weighted by Crippen LogP contribution is -2.13. The topological polar surface area (TPSA) is 68.3 Å². The van der Waals surface area contributed by atoms with Gasteiger partial charge in [0.2, 0.25) is 5.91 Å². The zero-order chi connectivity index (χ0) is 18.8. The van der Waals surface area contributed by atoms with Crippen LogP contribution in [-0.2, 0) is 29.0 Å². The lowest BCUT2D eigenvalue weighted by atomic mass is 9.95. The molecule has 140 valence electrons. The number of carbonyl (C=O) groups is 2. The number of nitrogens with zero attached hydrogens (tertiary/aromatic N) is 1. The fraction of sp³-hybridized carbons (Fsp3) is 0.316. The maximum absolute atomic E-state index is 12.8. The maximum atomic E-state index is 12.8. The van der Waals surface area contributed by atoms with Gasteiger partial charge < -0.3 is 10.1 Å². The summed E-state index contributed by atoms with van der Waals surface area (Å²) in [6.45, 7) is 1.58. The third-order valence-electron chi connectivity index (χ3n) is 4.34. The van der Waals surface area contributed by atoms with Crippen LogP contribution in [0, 0.1) is 0 Å². The van der Waals surface area contributed by atoms with Gasteiger partial charge in [0.25, 0.3) is 0 Å². The van der Waals surface area contributed by atoms with Crippen molar-refractivity contribution in [1.82, 2.24) is 4.98 Å². The van der Waals surface area contributed by atoms with E-state index in [1.54, 1.807) is 22.7 Å². The number of aryl methyl sites for hydroxylation is 1. The highest BCUT2D eigenvalue weighted by Crippen LogP contribution is 2.38. The minimum Gasteiger partial charge on any atom is -0.455 e. The summed E-state index contributed by atoms with van der Waals surface area (Å²) in [4.78, 5) is 30.1. The highest BCUT2D eigenvalue weighted by atomic mass is 32.1. The molecule has 1 aliphatic rings. The molecule has 4 rings (SSSR count). The molecule has 0 unspecified atom stereocenters. The Labute approximate surface area is 169 Å². The first-order chi connectivity index (χ1) is 13.1. The zero-order valence-electron chi connectivity index (χ0n) is 14.7. The number of anilines is 1. The molecule has 0 bridgehead atoms. The van der Waals surface area contributed by atoms with Crippen molar-refractivity contribution >= 4 is 50.9 Å². The zero-order valence-corrected chi connectivity index (χ0v) is 17.2. The summed E-state index contributed by atoms with van der Waals surface area (Å²) in [6.07, 6.45) is 3.98. The molecule has 1 aliphatic carbocycles. The molecule has 1 N–H and O–H groups in total. The number of hydrogen-bond acceptors (Lipinski definition) is 7. The van der Waals surface area contributed by atoms with E-state index in [9.17, 15) is 9.59 Å². The van der Waals surface area contributed by atoms with E-state index in [-0.39, 0.29) is 18.5 Å². The molecule has 3 heterocycles. The standard InChI is InChI=1S/C19H18N2O3S3/c1-11(22)20-18-16(14-4-2-3-5-15(14)27-18)19(23)24-8-13-10-26-17(21-13)12-6-7-25-9-12/h6-7,9-10H,2-5,8H2,1H3,(H,20,22). The van der Waals surface area contributed by atoms with Gasteiger partial charge in [-0.15, -0.1) is 22.7 Å². The fourth-order valence-corrected chi connectivity index (χ4v) is 5.97. The van der Waals surface area contributed by atoms with E-state index in [1.165, 1.54) is 23.1 Å². The van der Waals surface area contributed by atoms with Gasteiger partial charge in [0, 0.05) is 28.1 Å². The number of thiophene rings is 2. The number of aromatic nitrogens is 1. The molecular formula is C19H18N2O3S3. The fourth-order valence-electron chi connectivity index (χ4n) is 3.13. The first kappa shape index (κ1) is 18.3. The Hall–Kier alpha value is -2.03. The summed E-state index contributed by atoms with van der Waals surface area (Å²) in [5, 5.41) is 10.3. The van der Waals surface area contributed by atoms with Crippen LogP contribution in [-0.4, -0.2) is 16.9 Å². The first-order valence-corrected chi connectivity index (χ1v) is 11.3. The Balaban J connectivity index is 1.51. The minimum absolute atomic E-state index is 0.129. The first-order valence-electron chi connectivity index (χ1n) is 8.68. The Bertz CT molecular complexity index is 973. The summed E-state index contributed by atoms with van der Waals surface area (Å²) in [5.74, 6) is -0.564. The highest BCUT2D eigenvalue weighted by Gasteiger charge is 2.27. The normalized spacial score (nSPS) is 13.2. The molecule has 0 spiro atoms. The van der Waals surface area contributed by atoms with E-state index in [4.69, 9.17) is 4.74 Å². The number of esters is 1. The van der Waals surface area contributed by atoms with E-state index >= 15 is 0 Å². The van der Waals surface area contributed by atoms with Crippen molar-refractivity contribution in [2.24, 2.45) is 0 Å². The molecule has 0 aliphatic heterocycles. The number of amides is 1. The minimum atomic E-state index is -0.386. The van der Waals surface area contributed by atoms with E-state index < -0.39 is 0 Å². The van der Waals surface area contributed by atoms with Crippen LogP contribution in [0.15, 0.2) is 22.2 Å². The summed E-state index contributed by atoms with van der Waals surface area (Å²) in [6, 6.07) is 2.02. The Morgan fingerprint density at radius 3 is 2.89 bits per heavy atom. The van der Waals surface area contributed by atoms with Gasteiger partial charge in [-0.2, -0.15) is 11.3 Å². The number of hydrogen-bond donors (Lipinski definition) is 1. The van der Waals surface area contributed by atoms with Gasteiger partial charge in [-0.1, -0.05) is 0 Å². The number of ether oxygens (including phenoxy) is 1. The van der Waals surface area contributed by atoms with Crippen LogP contribution in [0.5, 0.6) is 0 Å². The Kier molecular flexibility index (Phi) is 5.38. The molecule has 1 amide bonds. The number of thiazole rings is 1. The lowest BCUT2D eigenvalue weighted by Gasteiger charge is -2.12. The van der Waals surface area contributed by atoms with Gasteiger partial charge in [-0.3, -0.25) is 4.79 Å². The van der Waals surface area contributed by atoms with Gasteiger partial charge >= 0.3 is 5.97 Å².